The number of aliphatic hydroxyl groups is 1. The van der Waals surface area contributed by atoms with Gasteiger partial charge in [-0.15, -0.1) is 11.8 Å². The summed E-state index contributed by atoms with van der Waals surface area (Å²) in [7, 11) is 0. The van der Waals surface area contributed by atoms with Crippen LogP contribution in [0.5, 0.6) is 0 Å². The highest BCUT2D eigenvalue weighted by atomic mass is 32.2. The molecule has 0 radical (unpaired) electrons. The van der Waals surface area contributed by atoms with Crippen molar-refractivity contribution in [2.24, 2.45) is 11.8 Å². The Hall–Kier alpha value is -2.84. The first-order valence-corrected chi connectivity index (χ1v) is 13.5. The van der Waals surface area contributed by atoms with Crippen LogP contribution in [0.4, 0.5) is 11.4 Å². The summed E-state index contributed by atoms with van der Waals surface area (Å²) in [6.07, 6.45) is 1.99. The number of hydrogen-bond acceptors (Lipinski definition) is 5. The van der Waals surface area contributed by atoms with Gasteiger partial charge < -0.3 is 20.6 Å². The van der Waals surface area contributed by atoms with E-state index in [0.717, 1.165) is 23.2 Å². The van der Waals surface area contributed by atoms with E-state index in [1.165, 1.54) is 0 Å². The summed E-state index contributed by atoms with van der Waals surface area (Å²) in [4.78, 5) is 43.1. The first kappa shape index (κ1) is 24.8. The molecule has 3 aliphatic heterocycles. The Morgan fingerprint density at radius 2 is 1.89 bits per heavy atom. The van der Waals surface area contributed by atoms with Crippen molar-refractivity contribution >= 4 is 40.9 Å². The number of hydrogen-bond donors (Lipinski definition) is 3. The number of para-hydroxylation sites is 1. The number of benzene rings is 2. The summed E-state index contributed by atoms with van der Waals surface area (Å²) >= 11 is 1.63. The molecule has 0 aliphatic carbocycles. The summed E-state index contributed by atoms with van der Waals surface area (Å²) < 4.78 is -0.690. The molecule has 0 saturated carbocycles. The van der Waals surface area contributed by atoms with E-state index < -0.39 is 28.7 Å². The van der Waals surface area contributed by atoms with Crippen molar-refractivity contribution in [3.8, 4) is 0 Å². The number of aliphatic hydroxyl groups excluding tert-OH is 1. The molecule has 3 saturated heterocycles. The Morgan fingerprint density at radius 1 is 1.14 bits per heavy atom. The number of nitrogens with zero attached hydrogens (tertiary/aromatic N) is 1. The number of likely N-dealkylation sites (tertiary alicyclic amines) is 1. The second-order valence-corrected chi connectivity index (χ2v) is 11.8. The molecule has 2 bridgehead atoms. The smallest absolute Gasteiger partial charge is 0.248 e. The van der Waals surface area contributed by atoms with Crippen LogP contribution in [0.15, 0.2) is 48.5 Å². The van der Waals surface area contributed by atoms with Gasteiger partial charge in [0, 0.05) is 16.6 Å². The van der Waals surface area contributed by atoms with Crippen molar-refractivity contribution in [3.05, 3.63) is 59.7 Å². The van der Waals surface area contributed by atoms with E-state index in [1.807, 2.05) is 69.3 Å². The van der Waals surface area contributed by atoms with Crippen molar-refractivity contribution in [1.29, 1.82) is 0 Å². The predicted octanol–water partition coefficient (Wildman–Crippen LogP) is 3.74. The lowest BCUT2D eigenvalue weighted by atomic mass is 9.70. The Labute approximate surface area is 216 Å². The third-order valence-corrected chi connectivity index (χ3v) is 10.0. The molecule has 2 unspecified atom stereocenters. The quantitative estimate of drug-likeness (QED) is 0.530. The van der Waals surface area contributed by atoms with E-state index in [-0.39, 0.29) is 29.6 Å². The Kier molecular flexibility index (Phi) is 6.59. The van der Waals surface area contributed by atoms with Crippen LogP contribution in [-0.2, 0) is 14.4 Å². The monoisotopic (exact) mass is 507 g/mol. The average Bonchev–Trinajstić information content (AvgIpc) is 3.50. The number of rotatable bonds is 7. The van der Waals surface area contributed by atoms with Gasteiger partial charge in [-0.25, -0.2) is 0 Å². The van der Waals surface area contributed by atoms with Crippen molar-refractivity contribution in [3.63, 3.8) is 0 Å². The molecule has 3 heterocycles. The molecule has 190 valence electrons. The normalized spacial score (nSPS) is 29.2. The molecule has 3 aliphatic rings. The van der Waals surface area contributed by atoms with Crippen molar-refractivity contribution in [1.82, 2.24) is 4.90 Å². The lowest BCUT2D eigenvalue weighted by Gasteiger charge is -2.36. The number of fused-ring (bicyclic) bond motifs is 1. The molecular formula is C28H33N3O4S. The van der Waals surface area contributed by atoms with Crippen LogP contribution in [0.2, 0.25) is 0 Å². The van der Waals surface area contributed by atoms with Crippen molar-refractivity contribution in [2.75, 3.05) is 17.2 Å². The van der Waals surface area contributed by atoms with Crippen LogP contribution in [0.25, 0.3) is 0 Å². The van der Waals surface area contributed by atoms with Gasteiger partial charge >= 0.3 is 0 Å². The zero-order valence-corrected chi connectivity index (χ0v) is 21.7. The molecule has 5 rings (SSSR count). The van der Waals surface area contributed by atoms with Gasteiger partial charge in [0.25, 0.3) is 0 Å². The fourth-order valence-corrected chi connectivity index (χ4v) is 8.52. The van der Waals surface area contributed by atoms with E-state index in [2.05, 4.69) is 10.6 Å². The first-order chi connectivity index (χ1) is 17.3. The maximum atomic E-state index is 14.0. The van der Waals surface area contributed by atoms with Gasteiger partial charge in [0.1, 0.15) is 6.04 Å². The SMILES string of the molecule is CC[C@@H](CO)N1C(=O)[C@@H]2[C@@H](C(=O)Nc3ccccc3)[C@H]3CCC2(S3)C1C(=O)Nc1cc(C)ccc1C. The second kappa shape index (κ2) is 9.56. The summed E-state index contributed by atoms with van der Waals surface area (Å²) in [6, 6.07) is 13.9. The number of thioether (sulfide) groups is 1. The van der Waals surface area contributed by atoms with Crippen LogP contribution in [0, 0.1) is 25.7 Å². The topological polar surface area (TPSA) is 98.7 Å². The van der Waals surface area contributed by atoms with Crippen LogP contribution >= 0.6 is 11.8 Å². The number of carbonyl (C=O) groups excluding carboxylic acids is 3. The first-order valence-electron chi connectivity index (χ1n) is 12.7. The van der Waals surface area contributed by atoms with Crippen LogP contribution < -0.4 is 10.6 Å². The van der Waals surface area contributed by atoms with E-state index in [1.54, 1.807) is 16.7 Å². The molecule has 2 aromatic carbocycles. The summed E-state index contributed by atoms with van der Waals surface area (Å²) in [6.45, 7) is 5.59. The van der Waals surface area contributed by atoms with Gasteiger partial charge in [-0.05, 0) is 62.4 Å². The average molecular weight is 508 g/mol. The van der Waals surface area contributed by atoms with E-state index in [9.17, 15) is 19.5 Å². The maximum Gasteiger partial charge on any atom is 0.248 e. The molecule has 0 aromatic heterocycles. The van der Waals surface area contributed by atoms with Gasteiger partial charge in [0.15, 0.2) is 0 Å². The summed E-state index contributed by atoms with van der Waals surface area (Å²) in [5, 5.41) is 16.2. The molecule has 8 heteroatoms. The van der Waals surface area contributed by atoms with E-state index in [0.29, 0.717) is 18.5 Å². The Bertz CT molecular complexity index is 1180. The van der Waals surface area contributed by atoms with Crippen LogP contribution in [-0.4, -0.2) is 56.4 Å². The fourth-order valence-electron chi connectivity index (χ4n) is 6.32. The van der Waals surface area contributed by atoms with Crippen molar-refractivity contribution in [2.45, 2.75) is 62.1 Å². The van der Waals surface area contributed by atoms with E-state index in [4.69, 9.17) is 0 Å². The van der Waals surface area contributed by atoms with Gasteiger partial charge in [0.05, 0.1) is 29.2 Å². The minimum Gasteiger partial charge on any atom is -0.394 e. The maximum absolute atomic E-state index is 14.0. The standard InChI is InChI=1S/C28H33N3O4S/c1-4-19(15-32)31-24(26(34)30-20-14-16(2)10-11-17(20)3)28-13-12-21(36-28)22(23(28)27(31)35)25(33)29-18-8-6-5-7-9-18/h5-11,14,19,21-24,32H,4,12-13,15H2,1-3H3,(H,29,33)(H,30,34)/t19-,21+,22-,23-,24?,28?/m0/s1. The minimum atomic E-state index is -0.753. The van der Waals surface area contributed by atoms with Gasteiger partial charge in [-0.1, -0.05) is 37.3 Å². The van der Waals surface area contributed by atoms with Crippen molar-refractivity contribution < 1.29 is 19.5 Å². The molecule has 1 spiro atoms. The highest BCUT2D eigenvalue weighted by molar-refractivity contribution is 8.02. The molecule has 36 heavy (non-hydrogen) atoms. The van der Waals surface area contributed by atoms with Gasteiger partial charge in [-0.3, -0.25) is 14.4 Å². The molecular weight excluding hydrogens is 474 g/mol. The third kappa shape index (κ3) is 3.91. The van der Waals surface area contributed by atoms with Gasteiger partial charge in [-0.2, -0.15) is 0 Å². The molecule has 3 amide bonds. The zero-order chi connectivity index (χ0) is 25.6. The molecule has 6 atom stereocenters. The lowest BCUT2D eigenvalue weighted by molar-refractivity contribution is -0.141. The second-order valence-electron chi connectivity index (χ2n) is 10.2. The highest BCUT2D eigenvalue weighted by Gasteiger charge is 2.74. The summed E-state index contributed by atoms with van der Waals surface area (Å²) in [5.74, 6) is -1.73. The zero-order valence-electron chi connectivity index (χ0n) is 20.9. The molecule has 2 aromatic rings. The number of aryl methyl sites for hydroxylation is 2. The number of nitrogens with one attached hydrogen (secondary N) is 2. The number of carbonyl (C=O) groups is 3. The van der Waals surface area contributed by atoms with E-state index >= 15 is 0 Å². The van der Waals surface area contributed by atoms with Crippen LogP contribution in [0.1, 0.15) is 37.3 Å². The van der Waals surface area contributed by atoms with Crippen LogP contribution in [0.3, 0.4) is 0 Å². The molecule has 3 N–H and O–H groups in total. The highest BCUT2D eigenvalue weighted by Crippen LogP contribution is 2.66. The summed E-state index contributed by atoms with van der Waals surface area (Å²) in [5.41, 5.74) is 3.39. The van der Waals surface area contributed by atoms with Gasteiger partial charge in [0.2, 0.25) is 17.7 Å². The fraction of sp³-hybridized carbons (Fsp3) is 0.464. The lowest BCUT2D eigenvalue weighted by Crippen LogP contribution is -2.54. The Balaban J connectivity index is 1.51. The Morgan fingerprint density at radius 3 is 2.58 bits per heavy atom. The minimum absolute atomic E-state index is 0.0185. The molecule has 3 fully saturated rings. The largest absolute Gasteiger partial charge is 0.394 e. The number of amides is 3. The predicted molar refractivity (Wildman–Crippen MR) is 142 cm³/mol. The molecule has 7 nitrogen and oxygen atoms in total. The third-order valence-electron chi connectivity index (χ3n) is 8.06. The number of anilines is 2.